The molecule has 1 atom stereocenters. The van der Waals surface area contributed by atoms with Gasteiger partial charge in [0.15, 0.2) is 0 Å². The van der Waals surface area contributed by atoms with E-state index in [4.69, 9.17) is 0 Å². The summed E-state index contributed by atoms with van der Waals surface area (Å²) < 4.78 is 0. The predicted octanol–water partition coefficient (Wildman–Crippen LogP) is 3.49. The van der Waals surface area contributed by atoms with E-state index in [1.165, 1.54) is 0 Å². The molecule has 0 rings (SSSR count). The molecule has 1 amide bonds. The topological polar surface area (TPSA) is 29.1 Å². The lowest BCUT2D eigenvalue weighted by Crippen LogP contribution is -2.48. The van der Waals surface area contributed by atoms with Gasteiger partial charge in [-0.05, 0) is 32.6 Å². The van der Waals surface area contributed by atoms with Gasteiger partial charge in [-0.2, -0.15) is 0 Å². The second-order valence-corrected chi connectivity index (χ2v) is 5.15. The Morgan fingerprint density at radius 1 is 1.33 bits per heavy atom. The molecule has 0 aliphatic carbocycles. The van der Waals surface area contributed by atoms with Gasteiger partial charge in [0, 0.05) is 16.8 Å². The van der Waals surface area contributed by atoms with Crippen LogP contribution in [0.5, 0.6) is 0 Å². The highest BCUT2D eigenvalue weighted by Gasteiger charge is 2.26. The maximum absolute atomic E-state index is 11.9. The van der Waals surface area contributed by atoms with Gasteiger partial charge in [0.2, 0.25) is 5.91 Å². The molecule has 0 aromatic heterocycles. The van der Waals surface area contributed by atoms with Crippen molar-refractivity contribution in [2.75, 3.05) is 5.33 Å². The van der Waals surface area contributed by atoms with Crippen molar-refractivity contribution in [1.82, 2.24) is 5.32 Å². The lowest BCUT2D eigenvalue weighted by Gasteiger charge is -2.30. The smallest absolute Gasteiger partial charge is 0.223 e. The highest BCUT2D eigenvalue weighted by Crippen LogP contribution is 2.18. The lowest BCUT2D eigenvalue weighted by atomic mass is 9.93. The average molecular weight is 278 g/mol. The van der Waals surface area contributed by atoms with Crippen LogP contribution in [-0.2, 0) is 4.79 Å². The summed E-state index contributed by atoms with van der Waals surface area (Å²) in [6.07, 6.45) is 3.81. The molecule has 1 unspecified atom stereocenters. The number of alkyl halides is 1. The maximum atomic E-state index is 11.9. The summed E-state index contributed by atoms with van der Waals surface area (Å²) in [5, 5.41) is 4.11. The average Bonchev–Trinajstić information content (AvgIpc) is 2.20. The fourth-order valence-electron chi connectivity index (χ4n) is 1.60. The van der Waals surface area contributed by atoms with Crippen LogP contribution in [0.4, 0.5) is 0 Å². The van der Waals surface area contributed by atoms with Gasteiger partial charge in [-0.3, -0.25) is 4.79 Å². The first-order valence-corrected chi connectivity index (χ1v) is 7.03. The number of carbonyl (C=O) groups is 1. The van der Waals surface area contributed by atoms with Crippen LogP contribution in [0, 0.1) is 5.92 Å². The van der Waals surface area contributed by atoms with Gasteiger partial charge in [0.05, 0.1) is 0 Å². The van der Waals surface area contributed by atoms with Crippen molar-refractivity contribution in [1.29, 1.82) is 0 Å². The van der Waals surface area contributed by atoms with E-state index < -0.39 is 0 Å². The second kappa shape index (κ2) is 7.26. The second-order valence-electron chi connectivity index (χ2n) is 4.36. The van der Waals surface area contributed by atoms with Gasteiger partial charge in [-0.1, -0.05) is 36.7 Å². The van der Waals surface area contributed by atoms with E-state index >= 15 is 0 Å². The first-order chi connectivity index (χ1) is 7.02. The summed E-state index contributed by atoms with van der Waals surface area (Å²) in [5.74, 6) is 0.386. The molecular formula is C12H24BrNO. The minimum absolute atomic E-state index is 0.0524. The molecule has 0 aromatic rings. The van der Waals surface area contributed by atoms with Crippen LogP contribution in [-0.4, -0.2) is 16.8 Å². The molecule has 0 saturated carbocycles. The molecule has 0 fully saturated rings. The molecule has 0 radical (unpaired) electrons. The van der Waals surface area contributed by atoms with Crippen molar-refractivity contribution < 1.29 is 4.79 Å². The Hall–Kier alpha value is -0.0500. The Morgan fingerprint density at radius 3 is 2.20 bits per heavy atom. The van der Waals surface area contributed by atoms with Crippen LogP contribution >= 0.6 is 15.9 Å². The van der Waals surface area contributed by atoms with E-state index in [-0.39, 0.29) is 17.4 Å². The SMILES string of the molecule is CCC(CC)C(=O)NC(C)(CC)CCBr. The van der Waals surface area contributed by atoms with E-state index in [1.807, 2.05) is 0 Å². The van der Waals surface area contributed by atoms with Crippen molar-refractivity contribution >= 4 is 21.8 Å². The molecule has 2 nitrogen and oxygen atoms in total. The summed E-state index contributed by atoms with van der Waals surface area (Å²) in [6, 6.07) is 0. The third kappa shape index (κ3) is 5.01. The summed E-state index contributed by atoms with van der Waals surface area (Å²) in [5.41, 5.74) is -0.0524. The predicted molar refractivity (Wildman–Crippen MR) is 69.3 cm³/mol. The quantitative estimate of drug-likeness (QED) is 0.710. The Labute approximate surface area is 102 Å². The van der Waals surface area contributed by atoms with E-state index in [0.29, 0.717) is 0 Å². The standard InChI is InChI=1S/C12H24BrNO/c1-5-10(6-2)11(15)14-12(4,7-3)8-9-13/h10H,5-9H2,1-4H3,(H,14,15). The Morgan fingerprint density at radius 2 is 1.87 bits per heavy atom. The van der Waals surface area contributed by atoms with E-state index in [1.54, 1.807) is 0 Å². The van der Waals surface area contributed by atoms with Gasteiger partial charge in [0.1, 0.15) is 0 Å². The Kier molecular flexibility index (Phi) is 7.24. The van der Waals surface area contributed by atoms with E-state index in [2.05, 4.69) is 48.9 Å². The number of hydrogen-bond donors (Lipinski definition) is 1. The minimum Gasteiger partial charge on any atom is -0.351 e. The molecule has 0 saturated heterocycles. The molecule has 0 spiro atoms. The van der Waals surface area contributed by atoms with Gasteiger partial charge >= 0.3 is 0 Å². The first kappa shape index (κ1) is 14.9. The maximum Gasteiger partial charge on any atom is 0.223 e. The van der Waals surface area contributed by atoms with Crippen LogP contribution in [0.1, 0.15) is 53.4 Å². The first-order valence-electron chi connectivity index (χ1n) is 5.90. The van der Waals surface area contributed by atoms with Gasteiger partial charge < -0.3 is 5.32 Å². The van der Waals surface area contributed by atoms with E-state index in [0.717, 1.165) is 31.0 Å². The van der Waals surface area contributed by atoms with Crippen LogP contribution in [0.2, 0.25) is 0 Å². The molecule has 0 aromatic carbocycles. The zero-order chi connectivity index (χ0) is 11.9. The number of halogens is 1. The minimum atomic E-state index is -0.0524. The fourth-order valence-corrected chi connectivity index (χ4v) is 2.47. The summed E-state index contributed by atoms with van der Waals surface area (Å²) >= 11 is 3.44. The molecule has 15 heavy (non-hydrogen) atoms. The Bertz CT molecular complexity index is 192. The van der Waals surface area contributed by atoms with Crippen molar-refractivity contribution in [3.8, 4) is 0 Å². The molecule has 0 aliphatic rings. The Balaban J connectivity index is 4.34. The third-order valence-electron chi connectivity index (χ3n) is 3.21. The number of nitrogens with one attached hydrogen (secondary N) is 1. The molecular weight excluding hydrogens is 254 g/mol. The number of amides is 1. The molecule has 1 N–H and O–H groups in total. The monoisotopic (exact) mass is 277 g/mol. The van der Waals surface area contributed by atoms with Crippen molar-refractivity contribution in [2.45, 2.75) is 58.9 Å². The highest BCUT2D eigenvalue weighted by molar-refractivity contribution is 9.09. The summed E-state index contributed by atoms with van der Waals surface area (Å²) in [6.45, 7) is 8.38. The largest absolute Gasteiger partial charge is 0.351 e. The third-order valence-corrected chi connectivity index (χ3v) is 3.60. The van der Waals surface area contributed by atoms with Crippen LogP contribution < -0.4 is 5.32 Å². The zero-order valence-electron chi connectivity index (χ0n) is 10.4. The molecule has 0 aliphatic heterocycles. The molecule has 0 bridgehead atoms. The van der Waals surface area contributed by atoms with Crippen LogP contribution in [0.3, 0.4) is 0 Å². The van der Waals surface area contributed by atoms with Crippen molar-refractivity contribution in [2.24, 2.45) is 5.92 Å². The van der Waals surface area contributed by atoms with Crippen LogP contribution in [0.15, 0.2) is 0 Å². The molecule has 90 valence electrons. The van der Waals surface area contributed by atoms with Gasteiger partial charge in [-0.25, -0.2) is 0 Å². The van der Waals surface area contributed by atoms with Crippen molar-refractivity contribution in [3.05, 3.63) is 0 Å². The molecule has 0 heterocycles. The summed E-state index contributed by atoms with van der Waals surface area (Å²) in [7, 11) is 0. The van der Waals surface area contributed by atoms with Gasteiger partial charge in [-0.15, -0.1) is 0 Å². The van der Waals surface area contributed by atoms with Crippen LogP contribution in [0.25, 0.3) is 0 Å². The normalized spacial score (nSPS) is 15.1. The number of carbonyl (C=O) groups excluding carboxylic acids is 1. The molecule has 3 heteroatoms. The van der Waals surface area contributed by atoms with Crippen molar-refractivity contribution in [3.63, 3.8) is 0 Å². The number of rotatable bonds is 7. The zero-order valence-corrected chi connectivity index (χ0v) is 12.0. The van der Waals surface area contributed by atoms with Gasteiger partial charge in [0.25, 0.3) is 0 Å². The fraction of sp³-hybridized carbons (Fsp3) is 0.917. The summed E-state index contributed by atoms with van der Waals surface area (Å²) in [4.78, 5) is 11.9. The van der Waals surface area contributed by atoms with E-state index in [9.17, 15) is 4.79 Å². The number of hydrogen-bond acceptors (Lipinski definition) is 1. The highest BCUT2D eigenvalue weighted by atomic mass is 79.9. The lowest BCUT2D eigenvalue weighted by molar-refractivity contribution is -0.127.